The fraction of sp³-hybridized carbons (Fsp3) is 0.750. The second-order valence-electron chi connectivity index (χ2n) is 3.32. The monoisotopic (exact) mass is 225 g/mol. The van der Waals surface area contributed by atoms with E-state index in [4.69, 9.17) is 0 Å². The molecule has 0 unspecified atom stereocenters. The lowest BCUT2D eigenvalue weighted by Crippen LogP contribution is -2.28. The lowest BCUT2D eigenvalue weighted by Gasteiger charge is -2.08. The Morgan fingerprint density at radius 2 is 2.07 bits per heavy atom. The summed E-state index contributed by atoms with van der Waals surface area (Å²) in [5.74, 6) is -3.61. The number of rotatable bonds is 2. The number of nitrogens with one attached hydrogen (secondary N) is 1. The Kier molecular flexibility index (Phi) is 3.67. The maximum absolute atomic E-state index is 11.7. The largest absolute Gasteiger partial charge is 0.491 e. The quantitative estimate of drug-likeness (QED) is 0.553. The third kappa shape index (κ3) is 3.86. The molecule has 1 aliphatic heterocycles. The third-order valence-corrected chi connectivity index (χ3v) is 2.06. The van der Waals surface area contributed by atoms with Gasteiger partial charge in [-0.3, -0.25) is 4.79 Å². The second-order valence-corrected chi connectivity index (χ2v) is 3.32. The fourth-order valence-corrected chi connectivity index (χ4v) is 1.33. The number of ether oxygens (including phenoxy) is 1. The molecule has 86 valence electrons. The van der Waals surface area contributed by atoms with Crippen molar-refractivity contribution in [1.29, 1.82) is 0 Å². The summed E-state index contributed by atoms with van der Waals surface area (Å²) < 4.78 is 38.7. The number of halogens is 3. The van der Waals surface area contributed by atoms with E-state index in [0.29, 0.717) is 13.0 Å². The van der Waals surface area contributed by atoms with Crippen molar-refractivity contribution in [3.63, 3.8) is 0 Å². The molecule has 1 heterocycles. The van der Waals surface area contributed by atoms with Gasteiger partial charge in [-0.15, -0.1) is 0 Å². The van der Waals surface area contributed by atoms with Gasteiger partial charge in [0.05, 0.1) is 6.42 Å². The Hall–Kier alpha value is -1.11. The van der Waals surface area contributed by atoms with Gasteiger partial charge in [-0.25, -0.2) is 4.79 Å². The number of hydrogen-bond acceptors (Lipinski definition) is 4. The molecule has 0 aliphatic carbocycles. The van der Waals surface area contributed by atoms with Gasteiger partial charge in [0.25, 0.3) is 0 Å². The van der Waals surface area contributed by atoms with E-state index in [1.165, 1.54) is 0 Å². The first-order chi connectivity index (χ1) is 6.89. The van der Waals surface area contributed by atoms with Crippen LogP contribution in [0.4, 0.5) is 13.2 Å². The molecular formula is C8H10F3NO3. The molecule has 7 heteroatoms. The topological polar surface area (TPSA) is 55.4 Å². The third-order valence-electron chi connectivity index (χ3n) is 2.06. The highest BCUT2D eigenvalue weighted by atomic mass is 19.4. The first-order valence-electron chi connectivity index (χ1n) is 4.42. The van der Waals surface area contributed by atoms with Crippen molar-refractivity contribution in [1.82, 2.24) is 5.32 Å². The van der Waals surface area contributed by atoms with Crippen molar-refractivity contribution in [3.05, 3.63) is 0 Å². The summed E-state index contributed by atoms with van der Waals surface area (Å²) >= 11 is 0. The predicted molar refractivity (Wildman–Crippen MR) is 42.7 cm³/mol. The number of carbonyl (C=O) groups is 2. The molecule has 15 heavy (non-hydrogen) atoms. The number of esters is 2. The molecule has 4 nitrogen and oxygen atoms in total. The molecule has 0 saturated carbocycles. The van der Waals surface area contributed by atoms with Crippen LogP contribution in [0, 0.1) is 5.92 Å². The van der Waals surface area contributed by atoms with Crippen LogP contribution in [-0.2, 0) is 14.3 Å². The maximum atomic E-state index is 11.7. The van der Waals surface area contributed by atoms with Gasteiger partial charge in [-0.1, -0.05) is 0 Å². The van der Waals surface area contributed by atoms with Gasteiger partial charge in [0.15, 0.2) is 0 Å². The second kappa shape index (κ2) is 4.61. The smallest absolute Gasteiger partial charge is 0.386 e. The lowest BCUT2D eigenvalue weighted by atomic mass is 10.1. The van der Waals surface area contributed by atoms with Crippen LogP contribution in [0.25, 0.3) is 0 Å². The first kappa shape index (κ1) is 12.0. The molecule has 0 aromatic rings. The summed E-state index contributed by atoms with van der Waals surface area (Å²) in [6, 6.07) is 0. The molecule has 1 saturated heterocycles. The van der Waals surface area contributed by atoms with E-state index in [2.05, 4.69) is 10.1 Å². The Morgan fingerprint density at radius 3 is 2.53 bits per heavy atom. The van der Waals surface area contributed by atoms with Gasteiger partial charge in [0.1, 0.15) is 0 Å². The molecule has 1 rings (SSSR count). The van der Waals surface area contributed by atoms with Crippen LogP contribution in [-0.4, -0.2) is 31.2 Å². The van der Waals surface area contributed by atoms with Gasteiger partial charge in [0.2, 0.25) is 0 Å². The minimum Gasteiger partial charge on any atom is -0.386 e. The van der Waals surface area contributed by atoms with E-state index in [1.54, 1.807) is 0 Å². The van der Waals surface area contributed by atoms with Gasteiger partial charge in [-0.05, 0) is 25.4 Å². The van der Waals surface area contributed by atoms with Crippen molar-refractivity contribution in [2.24, 2.45) is 5.92 Å². The molecular weight excluding hydrogens is 215 g/mol. The molecule has 0 spiro atoms. The van der Waals surface area contributed by atoms with Crippen LogP contribution >= 0.6 is 0 Å². The highest BCUT2D eigenvalue weighted by molar-refractivity contribution is 5.88. The Morgan fingerprint density at radius 1 is 1.40 bits per heavy atom. The standard InChI is InChI=1S/C8H10F3NO3/c9-8(10,11)7(14)15-6(13)3-5-1-2-12-4-5/h5,12H,1-4H2/t5-/m1/s1. The van der Waals surface area contributed by atoms with Crippen LogP contribution in [0.1, 0.15) is 12.8 Å². The van der Waals surface area contributed by atoms with E-state index in [-0.39, 0.29) is 12.3 Å². The van der Waals surface area contributed by atoms with Gasteiger partial charge in [0, 0.05) is 0 Å². The zero-order valence-corrected chi connectivity index (χ0v) is 7.76. The summed E-state index contributed by atoms with van der Waals surface area (Å²) in [4.78, 5) is 21.2. The SMILES string of the molecule is O=C(C[C@H]1CCNC1)OC(=O)C(F)(F)F. The van der Waals surface area contributed by atoms with Crippen LogP contribution in [0.5, 0.6) is 0 Å². The molecule has 1 atom stereocenters. The van der Waals surface area contributed by atoms with Crippen molar-refractivity contribution < 1.29 is 27.5 Å². The molecule has 1 fully saturated rings. The molecule has 0 radical (unpaired) electrons. The van der Waals surface area contributed by atoms with Crippen LogP contribution in [0.2, 0.25) is 0 Å². The average molecular weight is 225 g/mol. The normalized spacial score (nSPS) is 21.4. The van der Waals surface area contributed by atoms with E-state index in [0.717, 1.165) is 6.54 Å². The van der Waals surface area contributed by atoms with Crippen LogP contribution in [0.15, 0.2) is 0 Å². The first-order valence-corrected chi connectivity index (χ1v) is 4.42. The van der Waals surface area contributed by atoms with Crippen molar-refractivity contribution in [2.45, 2.75) is 19.0 Å². The van der Waals surface area contributed by atoms with Gasteiger partial charge >= 0.3 is 18.1 Å². The summed E-state index contributed by atoms with van der Waals surface area (Å²) in [5.41, 5.74) is 0. The van der Waals surface area contributed by atoms with Gasteiger partial charge in [-0.2, -0.15) is 13.2 Å². The lowest BCUT2D eigenvalue weighted by molar-refractivity contribution is -0.202. The molecule has 1 aliphatic rings. The zero-order chi connectivity index (χ0) is 11.5. The minimum atomic E-state index is -5.11. The van der Waals surface area contributed by atoms with Gasteiger partial charge < -0.3 is 10.1 Å². The van der Waals surface area contributed by atoms with E-state index in [9.17, 15) is 22.8 Å². The molecule has 0 aromatic heterocycles. The Balaban J connectivity index is 2.32. The molecule has 0 bridgehead atoms. The number of alkyl halides is 3. The van der Waals surface area contributed by atoms with Crippen LogP contribution in [0.3, 0.4) is 0 Å². The van der Waals surface area contributed by atoms with E-state index in [1.807, 2.05) is 0 Å². The summed E-state index contributed by atoms with van der Waals surface area (Å²) in [6.45, 7) is 1.29. The predicted octanol–water partition coefficient (Wildman–Crippen LogP) is 0.618. The van der Waals surface area contributed by atoms with Crippen molar-refractivity contribution >= 4 is 11.9 Å². The highest BCUT2D eigenvalue weighted by Crippen LogP contribution is 2.18. The van der Waals surface area contributed by atoms with Crippen LogP contribution < -0.4 is 5.32 Å². The highest BCUT2D eigenvalue weighted by Gasteiger charge is 2.42. The maximum Gasteiger partial charge on any atom is 0.491 e. The molecule has 0 aromatic carbocycles. The van der Waals surface area contributed by atoms with Crippen molar-refractivity contribution in [2.75, 3.05) is 13.1 Å². The molecule has 0 amide bonds. The van der Waals surface area contributed by atoms with E-state index < -0.39 is 18.1 Å². The fourth-order valence-electron chi connectivity index (χ4n) is 1.33. The van der Waals surface area contributed by atoms with E-state index >= 15 is 0 Å². The Labute approximate surface area is 83.8 Å². The summed E-state index contributed by atoms with van der Waals surface area (Å²) in [7, 11) is 0. The average Bonchev–Trinajstić information content (AvgIpc) is 2.54. The molecule has 1 N–H and O–H groups in total. The minimum absolute atomic E-state index is 0.0430. The number of hydrogen-bond donors (Lipinski definition) is 1. The Bertz CT molecular complexity index is 258. The summed E-state index contributed by atoms with van der Waals surface area (Å²) in [5, 5.41) is 2.95. The summed E-state index contributed by atoms with van der Waals surface area (Å²) in [6.07, 6.45) is -4.56. The van der Waals surface area contributed by atoms with Crippen molar-refractivity contribution in [3.8, 4) is 0 Å². The number of carbonyl (C=O) groups excluding carboxylic acids is 2. The zero-order valence-electron chi connectivity index (χ0n) is 7.76.